The lowest BCUT2D eigenvalue weighted by Gasteiger charge is -2.28. The van der Waals surface area contributed by atoms with Crippen LogP contribution < -0.4 is 4.72 Å². The Morgan fingerprint density at radius 1 is 1.07 bits per heavy atom. The van der Waals surface area contributed by atoms with E-state index in [1.165, 1.54) is 30.3 Å². The number of hydrogen-bond donors (Lipinski definition) is 1. The van der Waals surface area contributed by atoms with Crippen molar-refractivity contribution in [3.05, 3.63) is 63.6 Å². The average Bonchev–Trinajstić information content (AvgIpc) is 3.13. The van der Waals surface area contributed by atoms with Gasteiger partial charge in [0, 0.05) is 23.2 Å². The van der Waals surface area contributed by atoms with Crippen LogP contribution in [0.3, 0.4) is 0 Å². The molecule has 0 radical (unpaired) electrons. The topological polar surface area (TPSA) is 49.4 Å². The summed E-state index contributed by atoms with van der Waals surface area (Å²) in [6.45, 7) is 1.34. The van der Waals surface area contributed by atoms with Gasteiger partial charge in [-0.2, -0.15) is 0 Å². The highest BCUT2D eigenvalue weighted by molar-refractivity contribution is 7.89. The lowest BCUT2D eigenvalue weighted by atomic mass is 10.0. The summed E-state index contributed by atoms with van der Waals surface area (Å²) in [5.74, 6) is -1.38. The number of rotatable bonds is 6. The van der Waals surface area contributed by atoms with E-state index < -0.39 is 27.7 Å². The van der Waals surface area contributed by atoms with E-state index in [2.05, 4.69) is 4.72 Å². The smallest absolute Gasteiger partial charge is 0.242 e. The van der Waals surface area contributed by atoms with Gasteiger partial charge < -0.3 is 0 Å². The summed E-state index contributed by atoms with van der Waals surface area (Å²) in [4.78, 5) is 1.84. The van der Waals surface area contributed by atoms with Crippen molar-refractivity contribution in [1.29, 1.82) is 0 Å². The van der Waals surface area contributed by atoms with Crippen LogP contribution in [0, 0.1) is 11.6 Å². The van der Waals surface area contributed by atoms with Crippen LogP contribution in [0.2, 0.25) is 10.0 Å². The van der Waals surface area contributed by atoms with Gasteiger partial charge in [0.15, 0.2) is 0 Å². The fraction of sp³-hybridized carbons (Fsp3) is 0.333. The second kappa shape index (κ2) is 8.41. The van der Waals surface area contributed by atoms with Crippen LogP contribution in [-0.2, 0) is 10.0 Å². The molecule has 27 heavy (non-hydrogen) atoms. The molecule has 1 aliphatic rings. The van der Waals surface area contributed by atoms with Gasteiger partial charge >= 0.3 is 0 Å². The number of likely N-dealkylation sites (tertiary alicyclic amines) is 1. The van der Waals surface area contributed by atoms with E-state index in [-0.39, 0.29) is 27.0 Å². The van der Waals surface area contributed by atoms with Gasteiger partial charge in [-0.25, -0.2) is 21.9 Å². The number of hydrogen-bond acceptors (Lipinski definition) is 3. The molecule has 3 rings (SSSR count). The molecule has 146 valence electrons. The first kappa shape index (κ1) is 20.5. The first-order chi connectivity index (χ1) is 12.8. The molecule has 0 amide bonds. The fourth-order valence-corrected chi connectivity index (χ4v) is 5.01. The van der Waals surface area contributed by atoms with Gasteiger partial charge in [-0.1, -0.05) is 29.3 Å². The number of sulfonamides is 1. The molecule has 9 heteroatoms. The molecule has 0 bridgehead atoms. The molecule has 2 aromatic carbocycles. The molecular formula is C18H18Cl2F2N2O2S. The summed E-state index contributed by atoms with van der Waals surface area (Å²) in [5, 5.41) is 0.276. The van der Waals surface area contributed by atoms with Crippen molar-refractivity contribution in [3.63, 3.8) is 0 Å². The standard InChI is InChI=1S/C18H18Cl2F2N2O2S/c19-12-3-6-15(20)18(9-12)27(25,26)23-11-17(24-7-1-2-8-24)14-5-4-13(21)10-16(14)22/h3-6,9-10,17,23H,1-2,7-8,11H2/t17-/m1/s1. The van der Waals surface area contributed by atoms with Gasteiger partial charge in [0.05, 0.1) is 11.1 Å². The molecule has 0 saturated carbocycles. The third-order valence-corrected chi connectivity index (χ3v) is 6.69. The van der Waals surface area contributed by atoms with E-state index in [0.717, 1.165) is 18.9 Å². The normalized spacial score (nSPS) is 16.6. The molecule has 0 unspecified atom stereocenters. The fourth-order valence-electron chi connectivity index (χ4n) is 3.21. The number of nitrogens with one attached hydrogen (secondary N) is 1. The number of nitrogens with zero attached hydrogens (tertiary/aromatic N) is 1. The average molecular weight is 435 g/mol. The molecule has 1 fully saturated rings. The van der Waals surface area contributed by atoms with E-state index in [9.17, 15) is 17.2 Å². The maximum atomic E-state index is 14.3. The Balaban J connectivity index is 1.87. The van der Waals surface area contributed by atoms with Crippen molar-refractivity contribution in [3.8, 4) is 0 Å². The second-order valence-corrected chi connectivity index (χ2v) is 8.93. The Hall–Kier alpha value is -1.25. The summed E-state index contributed by atoms with van der Waals surface area (Å²) >= 11 is 11.9. The zero-order chi connectivity index (χ0) is 19.6. The zero-order valence-electron chi connectivity index (χ0n) is 14.3. The summed E-state index contributed by atoms with van der Waals surface area (Å²) in [6.07, 6.45) is 1.87. The van der Waals surface area contributed by atoms with Crippen molar-refractivity contribution in [2.75, 3.05) is 19.6 Å². The van der Waals surface area contributed by atoms with Gasteiger partial charge in [0.1, 0.15) is 16.5 Å². The van der Waals surface area contributed by atoms with Gasteiger partial charge in [0.25, 0.3) is 0 Å². The first-order valence-corrected chi connectivity index (χ1v) is 10.7. The Labute approximate surface area is 167 Å². The number of halogens is 4. The van der Waals surface area contributed by atoms with E-state index in [4.69, 9.17) is 23.2 Å². The Morgan fingerprint density at radius 3 is 2.44 bits per heavy atom. The molecule has 1 aliphatic heterocycles. The molecule has 1 saturated heterocycles. The molecule has 2 aromatic rings. The third-order valence-electron chi connectivity index (χ3n) is 4.55. The summed E-state index contributed by atoms with van der Waals surface area (Å²) in [6, 6.07) is 6.93. The van der Waals surface area contributed by atoms with Crippen LogP contribution >= 0.6 is 23.2 Å². The largest absolute Gasteiger partial charge is 0.295 e. The summed E-state index contributed by atoms with van der Waals surface area (Å²) < 4.78 is 55.4. The summed E-state index contributed by atoms with van der Waals surface area (Å²) in [7, 11) is -3.96. The van der Waals surface area contributed by atoms with Crippen molar-refractivity contribution in [1.82, 2.24) is 9.62 Å². The highest BCUT2D eigenvalue weighted by Crippen LogP contribution is 2.29. The number of benzene rings is 2. The second-order valence-electron chi connectivity index (χ2n) is 6.35. The van der Waals surface area contributed by atoms with Crippen molar-refractivity contribution < 1.29 is 17.2 Å². The van der Waals surface area contributed by atoms with Crippen LogP contribution in [0.15, 0.2) is 41.3 Å². The zero-order valence-corrected chi connectivity index (χ0v) is 16.6. The Bertz CT molecular complexity index is 935. The molecule has 0 aromatic heterocycles. The van der Waals surface area contributed by atoms with Crippen LogP contribution in [0.5, 0.6) is 0 Å². The van der Waals surface area contributed by atoms with E-state index in [0.29, 0.717) is 13.1 Å². The van der Waals surface area contributed by atoms with Crippen molar-refractivity contribution in [2.24, 2.45) is 0 Å². The lowest BCUT2D eigenvalue weighted by molar-refractivity contribution is 0.241. The third kappa shape index (κ3) is 4.78. The summed E-state index contributed by atoms with van der Waals surface area (Å²) in [5.41, 5.74) is 0.248. The maximum absolute atomic E-state index is 14.3. The van der Waals surface area contributed by atoms with Crippen LogP contribution in [0.4, 0.5) is 8.78 Å². The Morgan fingerprint density at radius 2 is 1.78 bits per heavy atom. The maximum Gasteiger partial charge on any atom is 0.242 e. The molecule has 1 heterocycles. The van der Waals surface area contributed by atoms with Crippen LogP contribution in [0.25, 0.3) is 0 Å². The van der Waals surface area contributed by atoms with E-state index in [1.807, 2.05) is 4.90 Å². The molecule has 1 atom stereocenters. The van der Waals surface area contributed by atoms with Crippen molar-refractivity contribution in [2.45, 2.75) is 23.8 Å². The monoisotopic (exact) mass is 434 g/mol. The molecule has 0 spiro atoms. The van der Waals surface area contributed by atoms with Crippen LogP contribution in [0.1, 0.15) is 24.4 Å². The van der Waals surface area contributed by atoms with Crippen LogP contribution in [-0.4, -0.2) is 33.0 Å². The SMILES string of the molecule is O=S(=O)(NC[C@H](c1ccc(F)cc1F)N1CCCC1)c1cc(Cl)ccc1Cl. The predicted molar refractivity (Wildman–Crippen MR) is 102 cm³/mol. The van der Waals surface area contributed by atoms with Gasteiger partial charge in [-0.05, 0) is 50.2 Å². The van der Waals surface area contributed by atoms with Gasteiger partial charge in [-0.15, -0.1) is 0 Å². The molecule has 4 nitrogen and oxygen atoms in total. The van der Waals surface area contributed by atoms with E-state index >= 15 is 0 Å². The molecule has 1 N–H and O–H groups in total. The minimum absolute atomic E-state index is 0.0394. The predicted octanol–water partition coefficient (Wildman–Crippen LogP) is 4.39. The molecule has 0 aliphatic carbocycles. The van der Waals surface area contributed by atoms with E-state index in [1.54, 1.807) is 0 Å². The minimum Gasteiger partial charge on any atom is -0.295 e. The minimum atomic E-state index is -3.96. The molecular weight excluding hydrogens is 417 g/mol. The van der Waals surface area contributed by atoms with Gasteiger partial charge in [0.2, 0.25) is 10.0 Å². The highest BCUT2D eigenvalue weighted by atomic mass is 35.5. The van der Waals surface area contributed by atoms with Crippen molar-refractivity contribution >= 4 is 33.2 Å². The van der Waals surface area contributed by atoms with Gasteiger partial charge in [-0.3, -0.25) is 4.90 Å². The lowest BCUT2D eigenvalue weighted by Crippen LogP contribution is -2.37. The highest BCUT2D eigenvalue weighted by Gasteiger charge is 2.28. The Kier molecular flexibility index (Phi) is 6.38. The quantitative estimate of drug-likeness (QED) is 0.733. The first-order valence-electron chi connectivity index (χ1n) is 8.41.